The standard InChI is InChI=1S/C17H23NO3.C7H8O3S/c1-20-15-9-12-8-13(7-11-3-5-18-6-4-11)17(19)14(12)10-16(15)21-2;1-6-2-4-7(5-3-6)11(8,9)10/h9-11,13,18H,3-8H2,1-2H3;2-5H,1H3,(H,8,9,10). The maximum Gasteiger partial charge on any atom is 0.294 e. The second kappa shape index (κ2) is 10.5. The molecule has 1 atom stereocenters. The molecule has 32 heavy (non-hydrogen) atoms. The molecule has 174 valence electrons. The average Bonchev–Trinajstić information content (AvgIpc) is 3.08. The Labute approximate surface area is 189 Å². The van der Waals surface area contributed by atoms with E-state index in [9.17, 15) is 13.2 Å². The number of hydrogen-bond acceptors (Lipinski definition) is 6. The van der Waals surface area contributed by atoms with Crippen LogP contribution in [0.15, 0.2) is 41.3 Å². The molecule has 7 nitrogen and oxygen atoms in total. The Bertz CT molecular complexity index is 1040. The van der Waals surface area contributed by atoms with Gasteiger partial charge in [-0.3, -0.25) is 9.35 Å². The van der Waals surface area contributed by atoms with Crippen molar-refractivity contribution in [3.05, 3.63) is 53.1 Å². The van der Waals surface area contributed by atoms with E-state index >= 15 is 0 Å². The number of ether oxygens (including phenoxy) is 2. The maximum absolute atomic E-state index is 12.6. The van der Waals surface area contributed by atoms with Gasteiger partial charge in [0.05, 0.1) is 19.1 Å². The third-order valence-electron chi connectivity index (χ3n) is 6.11. The fourth-order valence-electron chi connectivity index (χ4n) is 4.32. The lowest BCUT2D eigenvalue weighted by Gasteiger charge is -2.24. The van der Waals surface area contributed by atoms with E-state index < -0.39 is 10.1 Å². The quantitative estimate of drug-likeness (QED) is 0.655. The predicted molar refractivity (Wildman–Crippen MR) is 122 cm³/mol. The molecule has 2 N–H and O–H groups in total. The maximum atomic E-state index is 12.6. The molecule has 0 amide bonds. The Balaban J connectivity index is 0.000000222. The van der Waals surface area contributed by atoms with Gasteiger partial charge >= 0.3 is 0 Å². The van der Waals surface area contributed by atoms with E-state index in [2.05, 4.69) is 5.32 Å². The molecule has 1 aliphatic carbocycles. The third kappa shape index (κ3) is 5.88. The minimum Gasteiger partial charge on any atom is -0.493 e. The molecular formula is C24H31NO6S. The number of piperidine rings is 1. The van der Waals surface area contributed by atoms with Crippen molar-refractivity contribution in [2.45, 2.75) is 37.5 Å². The Hall–Kier alpha value is -2.42. The zero-order chi connectivity index (χ0) is 23.3. The largest absolute Gasteiger partial charge is 0.493 e. The van der Waals surface area contributed by atoms with Crippen molar-refractivity contribution in [2.75, 3.05) is 27.3 Å². The summed E-state index contributed by atoms with van der Waals surface area (Å²) >= 11 is 0. The van der Waals surface area contributed by atoms with Crippen LogP contribution in [-0.4, -0.2) is 46.1 Å². The molecular weight excluding hydrogens is 430 g/mol. The van der Waals surface area contributed by atoms with Crippen LogP contribution in [0.2, 0.25) is 0 Å². The molecule has 0 bridgehead atoms. The summed E-state index contributed by atoms with van der Waals surface area (Å²) in [5.74, 6) is 2.46. The highest BCUT2D eigenvalue weighted by atomic mass is 32.2. The van der Waals surface area contributed by atoms with Crippen LogP contribution in [0.4, 0.5) is 0 Å². The van der Waals surface area contributed by atoms with Gasteiger partial charge in [0.25, 0.3) is 10.1 Å². The highest BCUT2D eigenvalue weighted by molar-refractivity contribution is 7.85. The number of carbonyl (C=O) groups is 1. The molecule has 0 spiro atoms. The van der Waals surface area contributed by atoms with E-state index in [-0.39, 0.29) is 16.6 Å². The van der Waals surface area contributed by atoms with Crippen molar-refractivity contribution in [3.63, 3.8) is 0 Å². The zero-order valence-corrected chi connectivity index (χ0v) is 19.6. The van der Waals surface area contributed by atoms with Crippen LogP contribution < -0.4 is 14.8 Å². The minimum absolute atomic E-state index is 0.0666. The van der Waals surface area contributed by atoms with Crippen LogP contribution in [0, 0.1) is 18.8 Å². The molecule has 1 saturated heterocycles. The molecule has 1 unspecified atom stereocenters. The average molecular weight is 462 g/mol. The SMILES string of the molecule is COc1cc2c(cc1OC)C(=O)C(CC1CCNCC1)C2.Cc1ccc(S(=O)(=O)O)cc1. The van der Waals surface area contributed by atoms with Crippen molar-refractivity contribution in [1.29, 1.82) is 0 Å². The molecule has 8 heteroatoms. The Morgan fingerprint density at radius 1 is 1.03 bits per heavy atom. The normalized spacial score (nSPS) is 18.5. The van der Waals surface area contributed by atoms with Crippen LogP contribution >= 0.6 is 0 Å². The second-order valence-electron chi connectivity index (χ2n) is 8.35. The highest BCUT2D eigenvalue weighted by Gasteiger charge is 2.33. The van der Waals surface area contributed by atoms with Gasteiger partial charge in [0.1, 0.15) is 0 Å². The predicted octanol–water partition coefficient (Wildman–Crippen LogP) is 3.69. The summed E-state index contributed by atoms with van der Waals surface area (Å²) in [7, 11) is -0.780. The van der Waals surface area contributed by atoms with E-state index in [0.717, 1.165) is 42.6 Å². The number of hydrogen-bond donors (Lipinski definition) is 2. The number of Topliss-reactive ketones (excluding diaryl/α,β-unsaturated/α-hetero) is 1. The molecule has 1 fully saturated rings. The van der Waals surface area contributed by atoms with E-state index in [4.69, 9.17) is 14.0 Å². The van der Waals surface area contributed by atoms with Gasteiger partial charge in [0.15, 0.2) is 17.3 Å². The number of aryl methyl sites for hydroxylation is 1. The smallest absolute Gasteiger partial charge is 0.294 e. The van der Waals surface area contributed by atoms with Crippen molar-refractivity contribution >= 4 is 15.9 Å². The van der Waals surface area contributed by atoms with Crippen molar-refractivity contribution in [3.8, 4) is 11.5 Å². The number of fused-ring (bicyclic) bond motifs is 1. The van der Waals surface area contributed by atoms with Gasteiger partial charge in [-0.15, -0.1) is 0 Å². The number of nitrogens with one attached hydrogen (secondary N) is 1. The fraction of sp³-hybridized carbons (Fsp3) is 0.458. The summed E-state index contributed by atoms with van der Waals surface area (Å²) < 4.78 is 40.2. The van der Waals surface area contributed by atoms with E-state index in [1.165, 1.54) is 25.0 Å². The summed E-state index contributed by atoms with van der Waals surface area (Å²) in [6, 6.07) is 9.80. The highest BCUT2D eigenvalue weighted by Crippen LogP contribution is 2.39. The van der Waals surface area contributed by atoms with Gasteiger partial charge in [-0.2, -0.15) is 8.42 Å². The molecule has 2 aliphatic rings. The van der Waals surface area contributed by atoms with Crippen LogP contribution in [-0.2, 0) is 16.5 Å². The Morgan fingerprint density at radius 2 is 1.62 bits per heavy atom. The monoisotopic (exact) mass is 461 g/mol. The number of ketones is 1. The number of benzene rings is 2. The molecule has 0 radical (unpaired) electrons. The summed E-state index contributed by atoms with van der Waals surface area (Å²) in [6.07, 6.45) is 4.23. The van der Waals surface area contributed by atoms with Gasteiger partial charge in [0.2, 0.25) is 0 Å². The van der Waals surface area contributed by atoms with E-state index in [1.807, 2.05) is 19.1 Å². The van der Waals surface area contributed by atoms with Gasteiger partial charge in [-0.05, 0) is 81.4 Å². The first-order valence-electron chi connectivity index (χ1n) is 10.8. The molecule has 1 heterocycles. The molecule has 0 aromatic heterocycles. The Morgan fingerprint density at radius 3 is 2.19 bits per heavy atom. The minimum atomic E-state index is -4.02. The lowest BCUT2D eigenvalue weighted by Crippen LogP contribution is -2.29. The number of methoxy groups -OCH3 is 2. The number of rotatable bonds is 5. The van der Waals surface area contributed by atoms with Gasteiger partial charge < -0.3 is 14.8 Å². The zero-order valence-electron chi connectivity index (χ0n) is 18.8. The molecule has 2 aromatic rings. The summed E-state index contributed by atoms with van der Waals surface area (Å²) in [5, 5.41) is 3.38. The van der Waals surface area contributed by atoms with Gasteiger partial charge in [-0.25, -0.2) is 0 Å². The molecule has 0 saturated carbocycles. The second-order valence-corrected chi connectivity index (χ2v) is 9.77. The Kier molecular flexibility index (Phi) is 7.92. The number of carbonyl (C=O) groups excluding carboxylic acids is 1. The third-order valence-corrected chi connectivity index (χ3v) is 6.98. The molecule has 1 aliphatic heterocycles. The summed E-state index contributed by atoms with van der Waals surface area (Å²) in [4.78, 5) is 12.6. The van der Waals surface area contributed by atoms with E-state index in [1.54, 1.807) is 26.4 Å². The van der Waals surface area contributed by atoms with Gasteiger partial charge in [-0.1, -0.05) is 17.7 Å². The van der Waals surface area contributed by atoms with Crippen molar-refractivity contribution in [2.24, 2.45) is 11.8 Å². The van der Waals surface area contributed by atoms with Crippen LogP contribution in [0.3, 0.4) is 0 Å². The fourth-order valence-corrected chi connectivity index (χ4v) is 4.80. The van der Waals surface area contributed by atoms with Crippen molar-refractivity contribution in [1.82, 2.24) is 5.32 Å². The first-order valence-corrected chi connectivity index (χ1v) is 12.2. The van der Waals surface area contributed by atoms with Gasteiger partial charge in [0, 0.05) is 11.5 Å². The first-order chi connectivity index (χ1) is 15.2. The molecule has 4 rings (SSSR count). The molecule has 2 aromatic carbocycles. The first kappa shape index (κ1) is 24.2. The van der Waals surface area contributed by atoms with Crippen LogP contribution in [0.5, 0.6) is 11.5 Å². The van der Waals surface area contributed by atoms with E-state index in [0.29, 0.717) is 17.4 Å². The lowest BCUT2D eigenvalue weighted by molar-refractivity contribution is 0.0912. The van der Waals surface area contributed by atoms with Crippen molar-refractivity contribution < 1.29 is 27.2 Å². The summed E-state index contributed by atoms with van der Waals surface area (Å²) in [6.45, 7) is 4.01. The topological polar surface area (TPSA) is 102 Å². The lowest BCUT2D eigenvalue weighted by atomic mass is 9.86. The summed E-state index contributed by atoms with van der Waals surface area (Å²) in [5.41, 5.74) is 2.89. The van der Waals surface area contributed by atoms with Crippen LogP contribution in [0.1, 0.15) is 40.7 Å². The van der Waals surface area contributed by atoms with Crippen LogP contribution in [0.25, 0.3) is 0 Å².